The molecule has 5 heteroatoms. The van der Waals surface area contributed by atoms with Crippen molar-refractivity contribution in [3.8, 4) is 5.75 Å². The molecule has 0 aliphatic carbocycles. The Labute approximate surface area is 112 Å². The molecular weight excluding hydrogens is 255 g/mol. The number of aryl methyl sites for hydroxylation is 1. The van der Waals surface area contributed by atoms with Gasteiger partial charge in [-0.2, -0.15) is 0 Å². The van der Waals surface area contributed by atoms with Crippen LogP contribution >= 0.6 is 0 Å². The molecule has 0 fully saturated rings. The van der Waals surface area contributed by atoms with Crippen molar-refractivity contribution < 1.29 is 17.9 Å². The fourth-order valence-electron chi connectivity index (χ4n) is 1.67. The summed E-state index contributed by atoms with van der Waals surface area (Å²) in [7, 11) is 0. The van der Waals surface area contributed by atoms with Crippen LogP contribution in [0.1, 0.15) is 25.8 Å². The number of hydrogen-bond donors (Lipinski definition) is 1. The average molecular weight is 275 g/mol. The third kappa shape index (κ3) is 7.72. The molecule has 0 heterocycles. The molecule has 1 N–H and O–H groups in total. The number of ether oxygens (including phenoxy) is 1. The number of hydrogen-bond acceptors (Lipinski definition) is 2. The van der Waals surface area contributed by atoms with Gasteiger partial charge in [-0.25, -0.2) is 0 Å². The molecule has 0 saturated carbocycles. The lowest BCUT2D eigenvalue weighted by atomic mass is 10.1. The molecule has 0 amide bonds. The molecule has 1 aromatic carbocycles. The first-order valence-corrected chi connectivity index (χ1v) is 6.42. The Bertz CT molecular complexity index is 360. The maximum absolute atomic E-state index is 12.0. The van der Waals surface area contributed by atoms with Gasteiger partial charge in [0, 0.05) is 0 Å². The van der Waals surface area contributed by atoms with E-state index in [0.717, 1.165) is 31.5 Å². The van der Waals surface area contributed by atoms with Crippen molar-refractivity contribution in [1.29, 1.82) is 0 Å². The second-order valence-electron chi connectivity index (χ2n) is 4.89. The number of halogens is 3. The van der Waals surface area contributed by atoms with Crippen LogP contribution in [0.25, 0.3) is 0 Å². The summed E-state index contributed by atoms with van der Waals surface area (Å²) in [6.45, 7) is 6.19. The summed E-state index contributed by atoms with van der Waals surface area (Å²) in [5, 5.41) is 3.32. The summed E-state index contributed by atoms with van der Waals surface area (Å²) in [6, 6.07) is 6.04. The highest BCUT2D eigenvalue weighted by Crippen LogP contribution is 2.22. The fourth-order valence-corrected chi connectivity index (χ4v) is 1.67. The van der Waals surface area contributed by atoms with Gasteiger partial charge in [0.25, 0.3) is 0 Å². The quantitative estimate of drug-likeness (QED) is 0.765. The molecule has 19 heavy (non-hydrogen) atoms. The van der Waals surface area contributed by atoms with Crippen LogP contribution in [-0.4, -0.2) is 19.5 Å². The molecule has 1 aromatic rings. The molecule has 0 aromatic heterocycles. The van der Waals surface area contributed by atoms with E-state index in [0.29, 0.717) is 5.92 Å². The van der Waals surface area contributed by atoms with E-state index in [9.17, 15) is 13.2 Å². The Morgan fingerprint density at radius 3 is 2.32 bits per heavy atom. The summed E-state index contributed by atoms with van der Waals surface area (Å²) in [6.07, 6.45) is -2.81. The molecule has 0 saturated heterocycles. The van der Waals surface area contributed by atoms with Gasteiger partial charge in [-0.3, -0.25) is 0 Å². The molecule has 108 valence electrons. The van der Waals surface area contributed by atoms with Gasteiger partial charge in [-0.1, -0.05) is 26.0 Å². The van der Waals surface area contributed by atoms with E-state index in [-0.39, 0.29) is 5.75 Å². The van der Waals surface area contributed by atoms with E-state index in [1.807, 2.05) is 0 Å². The molecule has 2 nitrogen and oxygen atoms in total. The average Bonchev–Trinajstić information content (AvgIpc) is 2.28. The van der Waals surface area contributed by atoms with Gasteiger partial charge < -0.3 is 10.1 Å². The van der Waals surface area contributed by atoms with E-state index in [1.165, 1.54) is 12.1 Å². The SMILES string of the molecule is CC(C)CNCCCc1ccc(OC(F)(F)F)cc1. The van der Waals surface area contributed by atoms with Crippen LogP contribution in [-0.2, 0) is 6.42 Å². The molecule has 0 spiro atoms. The van der Waals surface area contributed by atoms with Crippen molar-refractivity contribution in [2.75, 3.05) is 13.1 Å². The number of benzene rings is 1. The lowest BCUT2D eigenvalue weighted by Gasteiger charge is -2.10. The van der Waals surface area contributed by atoms with Crippen molar-refractivity contribution in [2.45, 2.75) is 33.1 Å². The van der Waals surface area contributed by atoms with E-state index < -0.39 is 6.36 Å². The minimum atomic E-state index is -4.62. The lowest BCUT2D eigenvalue weighted by molar-refractivity contribution is -0.274. The molecule has 0 aliphatic heterocycles. The monoisotopic (exact) mass is 275 g/mol. The normalized spacial score (nSPS) is 11.9. The Balaban J connectivity index is 2.28. The minimum Gasteiger partial charge on any atom is -0.406 e. The highest BCUT2D eigenvalue weighted by atomic mass is 19.4. The van der Waals surface area contributed by atoms with Crippen LogP contribution in [0.2, 0.25) is 0 Å². The van der Waals surface area contributed by atoms with Crippen molar-refractivity contribution in [3.05, 3.63) is 29.8 Å². The molecule has 0 atom stereocenters. The number of alkyl halides is 3. The van der Waals surface area contributed by atoms with Crippen LogP contribution < -0.4 is 10.1 Å². The van der Waals surface area contributed by atoms with Crippen LogP contribution in [0.4, 0.5) is 13.2 Å². The zero-order valence-corrected chi connectivity index (χ0v) is 11.3. The van der Waals surface area contributed by atoms with Gasteiger partial charge in [0.05, 0.1) is 0 Å². The first-order valence-electron chi connectivity index (χ1n) is 6.42. The van der Waals surface area contributed by atoms with E-state index in [1.54, 1.807) is 12.1 Å². The second-order valence-corrected chi connectivity index (χ2v) is 4.89. The standard InChI is InChI=1S/C14H20F3NO/c1-11(2)10-18-9-3-4-12-5-7-13(8-6-12)19-14(15,16)17/h5-8,11,18H,3-4,9-10H2,1-2H3. The molecule has 0 unspecified atom stereocenters. The first-order chi connectivity index (χ1) is 8.87. The number of nitrogens with one attached hydrogen (secondary N) is 1. The lowest BCUT2D eigenvalue weighted by Crippen LogP contribution is -2.21. The highest BCUT2D eigenvalue weighted by molar-refractivity contribution is 5.27. The Hall–Kier alpha value is -1.23. The van der Waals surface area contributed by atoms with Crippen molar-refractivity contribution in [2.24, 2.45) is 5.92 Å². The zero-order valence-electron chi connectivity index (χ0n) is 11.3. The maximum Gasteiger partial charge on any atom is 0.573 e. The van der Waals surface area contributed by atoms with Gasteiger partial charge >= 0.3 is 6.36 Å². The minimum absolute atomic E-state index is 0.172. The summed E-state index contributed by atoms with van der Waals surface area (Å²) >= 11 is 0. The zero-order chi connectivity index (χ0) is 14.3. The third-order valence-electron chi connectivity index (χ3n) is 2.53. The Kier molecular flexibility index (Phi) is 6.15. The van der Waals surface area contributed by atoms with Crippen LogP contribution in [0.15, 0.2) is 24.3 Å². The fraction of sp³-hybridized carbons (Fsp3) is 0.571. The topological polar surface area (TPSA) is 21.3 Å². The second kappa shape index (κ2) is 7.38. The Morgan fingerprint density at radius 1 is 1.16 bits per heavy atom. The molecule has 0 radical (unpaired) electrons. The van der Waals surface area contributed by atoms with Crippen LogP contribution in [0.5, 0.6) is 5.75 Å². The maximum atomic E-state index is 12.0. The molecule has 1 rings (SSSR count). The van der Waals surface area contributed by atoms with Crippen LogP contribution in [0, 0.1) is 5.92 Å². The van der Waals surface area contributed by atoms with E-state index >= 15 is 0 Å². The third-order valence-corrected chi connectivity index (χ3v) is 2.53. The van der Waals surface area contributed by atoms with Crippen LogP contribution in [0.3, 0.4) is 0 Å². The van der Waals surface area contributed by atoms with Gasteiger partial charge in [-0.15, -0.1) is 13.2 Å². The summed E-state index contributed by atoms with van der Waals surface area (Å²) in [5.41, 5.74) is 1.01. The van der Waals surface area contributed by atoms with E-state index in [4.69, 9.17) is 0 Å². The Morgan fingerprint density at radius 2 is 1.79 bits per heavy atom. The summed E-state index contributed by atoms with van der Waals surface area (Å²) in [4.78, 5) is 0. The first kappa shape index (κ1) is 15.8. The van der Waals surface area contributed by atoms with Crippen molar-refractivity contribution >= 4 is 0 Å². The molecule has 0 aliphatic rings. The summed E-state index contributed by atoms with van der Waals surface area (Å²) < 4.78 is 39.7. The highest BCUT2D eigenvalue weighted by Gasteiger charge is 2.30. The predicted octanol–water partition coefficient (Wildman–Crippen LogP) is 3.76. The smallest absolute Gasteiger partial charge is 0.406 e. The predicted molar refractivity (Wildman–Crippen MR) is 69.2 cm³/mol. The van der Waals surface area contributed by atoms with Crippen molar-refractivity contribution in [1.82, 2.24) is 5.32 Å². The van der Waals surface area contributed by atoms with Gasteiger partial charge in [0.2, 0.25) is 0 Å². The van der Waals surface area contributed by atoms with Crippen molar-refractivity contribution in [3.63, 3.8) is 0 Å². The van der Waals surface area contributed by atoms with Gasteiger partial charge in [0.1, 0.15) is 5.75 Å². The summed E-state index contributed by atoms with van der Waals surface area (Å²) in [5.74, 6) is 0.452. The number of rotatable bonds is 7. The largest absolute Gasteiger partial charge is 0.573 e. The molecular formula is C14H20F3NO. The van der Waals surface area contributed by atoms with Gasteiger partial charge in [0.15, 0.2) is 0 Å². The van der Waals surface area contributed by atoms with E-state index in [2.05, 4.69) is 23.9 Å². The van der Waals surface area contributed by atoms with Gasteiger partial charge in [-0.05, 0) is 49.5 Å². The molecule has 0 bridgehead atoms.